The van der Waals surface area contributed by atoms with Crippen LogP contribution in [0, 0.1) is 5.82 Å². The Kier molecular flexibility index (Phi) is 4.31. The molecule has 0 saturated heterocycles. The van der Waals surface area contributed by atoms with Crippen molar-refractivity contribution in [2.45, 2.75) is 0 Å². The molecule has 19 heavy (non-hydrogen) atoms. The zero-order chi connectivity index (χ0) is 13.7. The minimum atomic E-state index is -0.462. The lowest BCUT2D eigenvalue weighted by Crippen LogP contribution is -2.07. The zero-order valence-corrected chi connectivity index (χ0v) is 10.7. The van der Waals surface area contributed by atoms with Crippen LogP contribution in [0.3, 0.4) is 0 Å². The third-order valence-electron chi connectivity index (χ3n) is 2.44. The van der Waals surface area contributed by atoms with Crippen LogP contribution in [-0.4, -0.2) is 5.91 Å². The van der Waals surface area contributed by atoms with Crippen LogP contribution in [0.2, 0.25) is 5.02 Å². The predicted octanol–water partition coefficient (Wildman–Crippen LogP) is 4.13. The van der Waals surface area contributed by atoms with Gasteiger partial charge in [-0.15, -0.1) is 0 Å². The first-order valence-corrected chi connectivity index (χ1v) is 6.03. The zero-order valence-electron chi connectivity index (χ0n) is 9.94. The molecule has 0 aliphatic heterocycles. The topological polar surface area (TPSA) is 29.1 Å². The fourth-order valence-corrected chi connectivity index (χ4v) is 1.76. The third kappa shape index (κ3) is 3.66. The first-order chi connectivity index (χ1) is 9.16. The van der Waals surface area contributed by atoms with Gasteiger partial charge in [-0.3, -0.25) is 4.79 Å². The summed E-state index contributed by atoms with van der Waals surface area (Å²) < 4.78 is 13.5. The summed E-state index contributed by atoms with van der Waals surface area (Å²) in [6, 6.07) is 13.4. The van der Waals surface area contributed by atoms with Gasteiger partial charge in [-0.25, -0.2) is 4.39 Å². The second-order valence-electron chi connectivity index (χ2n) is 3.82. The van der Waals surface area contributed by atoms with Gasteiger partial charge < -0.3 is 5.32 Å². The minimum Gasteiger partial charge on any atom is -0.323 e. The molecule has 0 fully saturated rings. The standard InChI is InChI=1S/C15H11ClFNO/c16-13-7-4-8-14(17)12(13)9-10-15(19)18-11-5-2-1-3-6-11/h1-10H,(H,18,19). The molecule has 2 aromatic carbocycles. The molecule has 0 radical (unpaired) electrons. The monoisotopic (exact) mass is 275 g/mol. The first-order valence-electron chi connectivity index (χ1n) is 5.65. The van der Waals surface area contributed by atoms with Gasteiger partial charge in [-0.1, -0.05) is 35.9 Å². The van der Waals surface area contributed by atoms with Crippen LogP contribution in [0.15, 0.2) is 54.6 Å². The van der Waals surface area contributed by atoms with E-state index in [4.69, 9.17) is 11.6 Å². The fraction of sp³-hybridized carbons (Fsp3) is 0. The molecular formula is C15H11ClFNO. The molecule has 96 valence electrons. The average Bonchev–Trinajstić information content (AvgIpc) is 2.39. The molecule has 0 saturated carbocycles. The number of hydrogen-bond acceptors (Lipinski definition) is 1. The van der Waals surface area contributed by atoms with E-state index in [0.29, 0.717) is 5.69 Å². The van der Waals surface area contributed by atoms with Crippen molar-refractivity contribution in [3.63, 3.8) is 0 Å². The number of amides is 1. The van der Waals surface area contributed by atoms with E-state index in [1.807, 2.05) is 18.2 Å². The number of hydrogen-bond donors (Lipinski definition) is 1. The Morgan fingerprint density at radius 1 is 1.11 bits per heavy atom. The van der Waals surface area contributed by atoms with Crippen LogP contribution in [0.25, 0.3) is 6.08 Å². The molecule has 0 bridgehead atoms. The molecule has 2 nitrogen and oxygen atoms in total. The SMILES string of the molecule is O=C(C=Cc1c(F)cccc1Cl)Nc1ccccc1. The number of nitrogens with one attached hydrogen (secondary N) is 1. The van der Waals surface area contributed by atoms with Gasteiger partial charge in [0.05, 0.1) is 5.02 Å². The molecule has 0 aromatic heterocycles. The molecule has 4 heteroatoms. The molecule has 0 heterocycles. The van der Waals surface area contributed by atoms with Gasteiger partial charge in [0.2, 0.25) is 5.91 Å². The molecule has 1 amide bonds. The molecule has 0 aliphatic rings. The van der Waals surface area contributed by atoms with Crippen molar-refractivity contribution < 1.29 is 9.18 Å². The summed E-state index contributed by atoms with van der Waals surface area (Å²) in [6.07, 6.45) is 2.60. The van der Waals surface area contributed by atoms with Crippen LogP contribution >= 0.6 is 11.6 Å². The maximum atomic E-state index is 13.5. The van der Waals surface area contributed by atoms with Crippen molar-refractivity contribution in [2.75, 3.05) is 5.32 Å². The molecular weight excluding hydrogens is 265 g/mol. The van der Waals surface area contributed by atoms with Crippen LogP contribution < -0.4 is 5.32 Å². The van der Waals surface area contributed by atoms with Crippen LogP contribution in [0.1, 0.15) is 5.56 Å². The maximum absolute atomic E-state index is 13.5. The highest BCUT2D eigenvalue weighted by Crippen LogP contribution is 2.20. The quantitative estimate of drug-likeness (QED) is 0.839. The minimum absolute atomic E-state index is 0.201. The summed E-state index contributed by atoms with van der Waals surface area (Å²) in [4.78, 5) is 11.6. The Bertz CT molecular complexity index is 591. The van der Waals surface area contributed by atoms with Gasteiger partial charge in [0.25, 0.3) is 0 Å². The smallest absolute Gasteiger partial charge is 0.248 e. The lowest BCUT2D eigenvalue weighted by Gasteiger charge is -2.02. The fourth-order valence-electron chi connectivity index (χ4n) is 1.53. The van der Waals surface area contributed by atoms with Crippen molar-refractivity contribution in [1.29, 1.82) is 0 Å². The Balaban J connectivity index is 2.09. The van der Waals surface area contributed by atoms with E-state index >= 15 is 0 Å². The highest BCUT2D eigenvalue weighted by Gasteiger charge is 2.04. The van der Waals surface area contributed by atoms with Crippen molar-refractivity contribution in [3.8, 4) is 0 Å². The molecule has 0 atom stereocenters. The molecule has 1 N–H and O–H groups in total. The van der Waals surface area contributed by atoms with Crippen molar-refractivity contribution in [3.05, 3.63) is 71.0 Å². The van der Waals surface area contributed by atoms with Crippen LogP contribution in [-0.2, 0) is 4.79 Å². The molecule has 0 aliphatic carbocycles. The van der Waals surface area contributed by atoms with Gasteiger partial charge in [0.15, 0.2) is 0 Å². The lowest BCUT2D eigenvalue weighted by atomic mass is 10.2. The Hall–Kier alpha value is -2.13. The Morgan fingerprint density at radius 2 is 1.84 bits per heavy atom. The number of rotatable bonds is 3. The highest BCUT2D eigenvalue weighted by atomic mass is 35.5. The molecule has 2 aromatic rings. The average molecular weight is 276 g/mol. The summed E-state index contributed by atoms with van der Waals surface area (Å²) in [5.41, 5.74) is 0.879. The number of halogens is 2. The van der Waals surface area contributed by atoms with Gasteiger partial charge in [0, 0.05) is 17.3 Å². The summed E-state index contributed by atoms with van der Waals surface area (Å²) in [5, 5.41) is 2.93. The van der Waals surface area contributed by atoms with E-state index in [1.54, 1.807) is 18.2 Å². The number of carbonyl (C=O) groups is 1. The van der Waals surface area contributed by atoms with E-state index in [0.717, 1.165) is 0 Å². The van der Waals surface area contributed by atoms with Crippen LogP contribution in [0.5, 0.6) is 0 Å². The van der Waals surface area contributed by atoms with Crippen LogP contribution in [0.4, 0.5) is 10.1 Å². The third-order valence-corrected chi connectivity index (χ3v) is 2.77. The van der Waals surface area contributed by atoms with E-state index in [-0.39, 0.29) is 16.5 Å². The number of benzene rings is 2. The van der Waals surface area contributed by atoms with E-state index in [2.05, 4.69) is 5.32 Å². The largest absolute Gasteiger partial charge is 0.323 e. The lowest BCUT2D eigenvalue weighted by molar-refractivity contribution is -0.111. The Morgan fingerprint density at radius 3 is 2.53 bits per heavy atom. The van der Waals surface area contributed by atoms with Gasteiger partial charge in [-0.2, -0.15) is 0 Å². The van der Waals surface area contributed by atoms with Gasteiger partial charge >= 0.3 is 0 Å². The van der Waals surface area contributed by atoms with Crippen molar-refractivity contribution in [1.82, 2.24) is 0 Å². The summed E-state index contributed by atoms with van der Waals surface area (Å²) in [7, 11) is 0. The van der Waals surface area contributed by atoms with E-state index in [1.165, 1.54) is 24.3 Å². The van der Waals surface area contributed by atoms with Crippen molar-refractivity contribution >= 4 is 29.3 Å². The number of anilines is 1. The van der Waals surface area contributed by atoms with Gasteiger partial charge in [-0.05, 0) is 30.3 Å². The molecule has 0 spiro atoms. The summed E-state index contributed by atoms with van der Waals surface area (Å²) >= 11 is 5.85. The Labute approximate surface area is 115 Å². The molecule has 2 rings (SSSR count). The number of carbonyl (C=O) groups excluding carboxylic acids is 1. The predicted molar refractivity (Wildman–Crippen MR) is 75.5 cm³/mol. The summed E-state index contributed by atoms with van der Waals surface area (Å²) in [5.74, 6) is -0.804. The highest BCUT2D eigenvalue weighted by molar-refractivity contribution is 6.32. The van der Waals surface area contributed by atoms with Crippen molar-refractivity contribution in [2.24, 2.45) is 0 Å². The van der Waals surface area contributed by atoms with E-state index < -0.39 is 5.82 Å². The molecule has 0 unspecified atom stereocenters. The summed E-state index contributed by atoms with van der Waals surface area (Å²) in [6.45, 7) is 0. The van der Waals surface area contributed by atoms with Gasteiger partial charge in [0.1, 0.15) is 5.82 Å². The second kappa shape index (κ2) is 6.16. The number of para-hydroxylation sites is 1. The van der Waals surface area contributed by atoms with E-state index in [9.17, 15) is 9.18 Å². The first kappa shape index (κ1) is 13.3. The normalized spacial score (nSPS) is 10.6. The second-order valence-corrected chi connectivity index (χ2v) is 4.23. The maximum Gasteiger partial charge on any atom is 0.248 e.